The average molecular weight is 256 g/mol. The summed E-state index contributed by atoms with van der Waals surface area (Å²) in [5, 5.41) is 0. The third kappa shape index (κ3) is 5.03. The van der Waals surface area contributed by atoms with Crippen LogP contribution in [0.4, 0.5) is 8.78 Å². The Kier molecular flexibility index (Phi) is 6.69. The summed E-state index contributed by atoms with van der Waals surface area (Å²) >= 11 is 0. The largest absolute Gasteiger partial charge is 0.491 e. The molecule has 0 radical (unpaired) electrons. The highest BCUT2D eigenvalue weighted by molar-refractivity contribution is 5.22. The van der Waals surface area contributed by atoms with Gasteiger partial charge in [-0.2, -0.15) is 0 Å². The molecule has 0 saturated heterocycles. The number of halogens is 2. The van der Waals surface area contributed by atoms with Crippen molar-refractivity contribution in [2.24, 2.45) is 11.8 Å². The van der Waals surface area contributed by atoms with Crippen molar-refractivity contribution in [3.8, 4) is 0 Å². The lowest BCUT2D eigenvalue weighted by atomic mass is 9.83. The molecule has 1 nitrogen and oxygen atoms in total. The summed E-state index contributed by atoms with van der Waals surface area (Å²) in [4.78, 5) is 0. The molecule has 1 saturated carbocycles. The number of allylic oxidation sites excluding steroid dienone is 4. The molecule has 0 heterocycles. The molecule has 0 aromatic rings. The van der Waals surface area contributed by atoms with E-state index in [9.17, 15) is 8.78 Å². The van der Waals surface area contributed by atoms with E-state index in [0.717, 1.165) is 5.92 Å². The normalized spacial score (nSPS) is 26.7. The van der Waals surface area contributed by atoms with Crippen molar-refractivity contribution in [3.05, 3.63) is 36.1 Å². The van der Waals surface area contributed by atoms with Gasteiger partial charge in [0.05, 0.1) is 6.61 Å². The van der Waals surface area contributed by atoms with Crippen LogP contribution >= 0.6 is 0 Å². The van der Waals surface area contributed by atoms with Gasteiger partial charge in [0.15, 0.2) is 11.6 Å². The third-order valence-electron chi connectivity index (χ3n) is 3.32. The molecule has 1 fully saturated rings. The summed E-state index contributed by atoms with van der Waals surface area (Å²) in [5.41, 5.74) is 0. The fourth-order valence-corrected chi connectivity index (χ4v) is 2.18. The average Bonchev–Trinajstić information content (AvgIpc) is 2.39. The van der Waals surface area contributed by atoms with Crippen LogP contribution in [0, 0.1) is 11.8 Å². The van der Waals surface area contributed by atoms with Crippen molar-refractivity contribution < 1.29 is 13.5 Å². The van der Waals surface area contributed by atoms with Crippen molar-refractivity contribution in [3.63, 3.8) is 0 Å². The topological polar surface area (TPSA) is 9.23 Å². The van der Waals surface area contributed by atoms with Gasteiger partial charge in [0.25, 0.3) is 0 Å². The minimum absolute atomic E-state index is 0.0413. The molecule has 0 N–H and O–H groups in total. The Morgan fingerprint density at radius 1 is 1.28 bits per heavy atom. The van der Waals surface area contributed by atoms with Crippen LogP contribution in [-0.2, 0) is 4.74 Å². The van der Waals surface area contributed by atoms with Crippen LogP contribution in [0.1, 0.15) is 39.5 Å². The van der Waals surface area contributed by atoms with Crippen molar-refractivity contribution in [2.75, 3.05) is 6.61 Å². The second-order valence-corrected chi connectivity index (χ2v) is 4.83. The van der Waals surface area contributed by atoms with Gasteiger partial charge in [0.1, 0.15) is 6.33 Å². The molecule has 0 amide bonds. The molecule has 102 valence electrons. The molecular formula is C15H22F2O. The molecule has 0 atom stereocenters. The SMILES string of the molecule is CCOC(=C/C=C/C1CCC(C)CC1)/C(F)=C/F. The minimum Gasteiger partial charge on any atom is -0.491 e. The van der Waals surface area contributed by atoms with Gasteiger partial charge in [-0.25, -0.2) is 8.78 Å². The van der Waals surface area contributed by atoms with Gasteiger partial charge in [0.2, 0.25) is 0 Å². The Morgan fingerprint density at radius 2 is 1.94 bits per heavy atom. The van der Waals surface area contributed by atoms with Crippen LogP contribution in [-0.4, -0.2) is 6.61 Å². The predicted octanol–water partition coefficient (Wildman–Crippen LogP) is 5.07. The van der Waals surface area contributed by atoms with Crippen molar-refractivity contribution >= 4 is 0 Å². The number of rotatable bonds is 5. The summed E-state index contributed by atoms with van der Waals surface area (Å²) in [5.74, 6) is 0.369. The predicted molar refractivity (Wildman–Crippen MR) is 70.3 cm³/mol. The van der Waals surface area contributed by atoms with E-state index in [4.69, 9.17) is 4.74 Å². The summed E-state index contributed by atoms with van der Waals surface area (Å²) < 4.78 is 30.2. The van der Waals surface area contributed by atoms with Gasteiger partial charge >= 0.3 is 0 Å². The van der Waals surface area contributed by atoms with E-state index in [-0.39, 0.29) is 12.1 Å². The van der Waals surface area contributed by atoms with Crippen LogP contribution in [0.15, 0.2) is 36.1 Å². The maximum Gasteiger partial charge on any atom is 0.193 e. The van der Waals surface area contributed by atoms with Crippen LogP contribution in [0.5, 0.6) is 0 Å². The molecule has 0 aliphatic heterocycles. The lowest BCUT2D eigenvalue weighted by Crippen LogP contribution is -2.09. The van der Waals surface area contributed by atoms with Crippen LogP contribution in [0.2, 0.25) is 0 Å². The minimum atomic E-state index is -0.959. The zero-order valence-electron chi connectivity index (χ0n) is 11.2. The van der Waals surface area contributed by atoms with Crippen LogP contribution in [0.25, 0.3) is 0 Å². The lowest BCUT2D eigenvalue weighted by Gasteiger charge is -2.23. The zero-order chi connectivity index (χ0) is 13.4. The first-order valence-corrected chi connectivity index (χ1v) is 6.64. The molecule has 18 heavy (non-hydrogen) atoms. The summed E-state index contributed by atoms with van der Waals surface area (Å²) in [7, 11) is 0. The molecule has 0 aromatic heterocycles. The van der Waals surface area contributed by atoms with E-state index in [0.29, 0.717) is 12.5 Å². The Labute approximate surface area is 108 Å². The van der Waals surface area contributed by atoms with Crippen LogP contribution in [0.3, 0.4) is 0 Å². The van der Waals surface area contributed by atoms with Gasteiger partial charge in [-0.3, -0.25) is 0 Å². The maximum atomic E-state index is 13.1. The standard InChI is InChI=1S/C15H22F2O/c1-3-18-15(14(17)11-16)6-4-5-13-9-7-12(2)8-10-13/h4-6,11-13H,3,7-10H2,1-2H3/b5-4+,14-11-,15-6+. The Balaban J connectivity index is 2.53. The van der Waals surface area contributed by atoms with Gasteiger partial charge in [0, 0.05) is 0 Å². The highest BCUT2D eigenvalue weighted by Gasteiger charge is 2.15. The van der Waals surface area contributed by atoms with E-state index in [1.165, 1.54) is 31.8 Å². The monoisotopic (exact) mass is 256 g/mol. The van der Waals surface area contributed by atoms with Crippen molar-refractivity contribution in [1.29, 1.82) is 0 Å². The molecule has 0 aromatic carbocycles. The van der Waals surface area contributed by atoms with E-state index in [2.05, 4.69) is 13.0 Å². The highest BCUT2D eigenvalue weighted by Crippen LogP contribution is 2.29. The first-order chi connectivity index (χ1) is 8.67. The summed E-state index contributed by atoms with van der Waals surface area (Å²) in [6.45, 7) is 4.34. The Bertz CT molecular complexity index is 323. The number of hydrogen-bond donors (Lipinski definition) is 0. The Hall–Kier alpha value is -1.12. The summed E-state index contributed by atoms with van der Waals surface area (Å²) in [6, 6.07) is 0. The second-order valence-electron chi connectivity index (χ2n) is 4.83. The fourth-order valence-electron chi connectivity index (χ4n) is 2.18. The number of ether oxygens (including phenoxy) is 1. The molecule has 1 aliphatic rings. The molecule has 0 unspecified atom stereocenters. The molecule has 0 spiro atoms. The highest BCUT2D eigenvalue weighted by atomic mass is 19.2. The van der Waals surface area contributed by atoms with Crippen LogP contribution < -0.4 is 0 Å². The van der Waals surface area contributed by atoms with E-state index >= 15 is 0 Å². The van der Waals surface area contributed by atoms with E-state index in [1.54, 1.807) is 13.0 Å². The molecule has 1 rings (SSSR count). The van der Waals surface area contributed by atoms with Gasteiger partial charge < -0.3 is 4.74 Å². The Morgan fingerprint density at radius 3 is 2.50 bits per heavy atom. The van der Waals surface area contributed by atoms with E-state index < -0.39 is 5.83 Å². The lowest BCUT2D eigenvalue weighted by molar-refractivity contribution is 0.223. The van der Waals surface area contributed by atoms with E-state index in [1.807, 2.05) is 0 Å². The second kappa shape index (κ2) is 8.06. The van der Waals surface area contributed by atoms with Gasteiger partial charge in [-0.15, -0.1) is 0 Å². The quantitative estimate of drug-likeness (QED) is 0.493. The fraction of sp³-hybridized carbons (Fsp3) is 0.600. The maximum absolute atomic E-state index is 13.1. The zero-order valence-corrected chi connectivity index (χ0v) is 11.2. The molecular weight excluding hydrogens is 234 g/mol. The van der Waals surface area contributed by atoms with Crippen molar-refractivity contribution in [2.45, 2.75) is 39.5 Å². The number of hydrogen-bond acceptors (Lipinski definition) is 1. The smallest absolute Gasteiger partial charge is 0.193 e. The van der Waals surface area contributed by atoms with Gasteiger partial charge in [-0.05, 0) is 37.7 Å². The van der Waals surface area contributed by atoms with Gasteiger partial charge in [-0.1, -0.05) is 31.9 Å². The van der Waals surface area contributed by atoms with Crippen molar-refractivity contribution in [1.82, 2.24) is 0 Å². The molecule has 0 bridgehead atoms. The first kappa shape index (κ1) is 14.9. The first-order valence-electron chi connectivity index (χ1n) is 6.64. The third-order valence-corrected chi connectivity index (χ3v) is 3.32. The summed E-state index contributed by atoms with van der Waals surface area (Å²) in [6.07, 6.45) is 10.1. The molecule has 3 heteroatoms. The molecule has 1 aliphatic carbocycles.